The molecule has 0 aromatic rings. The standard InChI is InChI=1S/C10H21NO5/c1-6-7(12)8(13)9(14)10(16-6)15-5-3-2-4-11/h6-10,12-14H,2-5,11H2,1H3/t6-,7+,8+,9-,10+/m0/s1. The number of rotatable bonds is 5. The van der Waals surface area contributed by atoms with E-state index in [9.17, 15) is 15.3 Å². The van der Waals surface area contributed by atoms with Crippen LogP contribution in [-0.4, -0.2) is 59.2 Å². The Bertz CT molecular complexity index is 204. The highest BCUT2D eigenvalue weighted by molar-refractivity contribution is 4.87. The maximum Gasteiger partial charge on any atom is 0.186 e. The predicted octanol–water partition coefficient (Wildman–Crippen LogP) is -1.43. The Hall–Kier alpha value is -0.240. The van der Waals surface area contributed by atoms with Crippen molar-refractivity contribution in [3.63, 3.8) is 0 Å². The zero-order chi connectivity index (χ0) is 12.1. The van der Waals surface area contributed by atoms with E-state index in [1.165, 1.54) is 0 Å². The van der Waals surface area contributed by atoms with Gasteiger partial charge >= 0.3 is 0 Å². The van der Waals surface area contributed by atoms with Crippen LogP contribution in [0.4, 0.5) is 0 Å². The van der Waals surface area contributed by atoms with E-state index in [-0.39, 0.29) is 0 Å². The molecular weight excluding hydrogens is 214 g/mol. The molecule has 5 N–H and O–H groups in total. The summed E-state index contributed by atoms with van der Waals surface area (Å²) in [7, 11) is 0. The Morgan fingerprint density at radius 2 is 1.81 bits per heavy atom. The van der Waals surface area contributed by atoms with Gasteiger partial charge in [0.15, 0.2) is 6.29 Å². The third-order valence-corrected chi connectivity index (χ3v) is 2.69. The van der Waals surface area contributed by atoms with E-state index < -0.39 is 30.7 Å². The third kappa shape index (κ3) is 3.38. The number of nitrogens with two attached hydrogens (primary N) is 1. The zero-order valence-corrected chi connectivity index (χ0v) is 9.45. The molecule has 1 fully saturated rings. The molecule has 0 radical (unpaired) electrons. The summed E-state index contributed by atoms with van der Waals surface area (Å²) >= 11 is 0. The molecule has 1 saturated heterocycles. The van der Waals surface area contributed by atoms with E-state index in [0.717, 1.165) is 12.8 Å². The summed E-state index contributed by atoms with van der Waals surface area (Å²) in [6, 6.07) is 0. The fourth-order valence-electron chi connectivity index (χ4n) is 1.60. The first kappa shape index (κ1) is 13.8. The Balaban J connectivity index is 2.35. The second-order valence-corrected chi connectivity index (χ2v) is 4.05. The third-order valence-electron chi connectivity index (χ3n) is 2.69. The molecule has 0 aliphatic carbocycles. The first-order valence-electron chi connectivity index (χ1n) is 5.59. The minimum absolute atomic E-state index is 0.411. The van der Waals surface area contributed by atoms with Crippen molar-refractivity contribution in [2.45, 2.75) is 50.5 Å². The maximum absolute atomic E-state index is 9.60. The van der Waals surface area contributed by atoms with Crippen LogP contribution in [0, 0.1) is 0 Å². The number of hydrogen-bond donors (Lipinski definition) is 4. The number of unbranched alkanes of at least 4 members (excludes halogenated alkanes) is 1. The second-order valence-electron chi connectivity index (χ2n) is 4.05. The molecular formula is C10H21NO5. The van der Waals surface area contributed by atoms with Gasteiger partial charge in [-0.2, -0.15) is 0 Å². The van der Waals surface area contributed by atoms with Crippen LogP contribution in [0.15, 0.2) is 0 Å². The lowest BCUT2D eigenvalue weighted by Crippen LogP contribution is -2.57. The second kappa shape index (κ2) is 6.48. The largest absolute Gasteiger partial charge is 0.388 e. The highest BCUT2D eigenvalue weighted by Gasteiger charge is 2.42. The fraction of sp³-hybridized carbons (Fsp3) is 1.00. The van der Waals surface area contributed by atoms with E-state index in [1.807, 2.05) is 0 Å². The minimum Gasteiger partial charge on any atom is -0.388 e. The van der Waals surface area contributed by atoms with Gasteiger partial charge in [-0.05, 0) is 26.3 Å². The van der Waals surface area contributed by atoms with Crippen LogP contribution in [0.25, 0.3) is 0 Å². The van der Waals surface area contributed by atoms with Crippen LogP contribution in [-0.2, 0) is 9.47 Å². The van der Waals surface area contributed by atoms with Crippen molar-refractivity contribution in [3.05, 3.63) is 0 Å². The normalized spacial score (nSPS) is 39.9. The van der Waals surface area contributed by atoms with Gasteiger partial charge in [-0.3, -0.25) is 0 Å². The molecule has 1 aliphatic rings. The van der Waals surface area contributed by atoms with Gasteiger partial charge in [0.05, 0.1) is 6.10 Å². The highest BCUT2D eigenvalue weighted by atomic mass is 16.7. The van der Waals surface area contributed by atoms with E-state index in [2.05, 4.69) is 0 Å². The topological polar surface area (TPSA) is 105 Å². The van der Waals surface area contributed by atoms with Crippen LogP contribution in [0.1, 0.15) is 19.8 Å². The molecule has 1 rings (SSSR count). The lowest BCUT2D eigenvalue weighted by atomic mass is 10.0. The molecule has 0 aromatic heterocycles. The molecule has 0 aromatic carbocycles. The van der Waals surface area contributed by atoms with Gasteiger partial charge in [-0.15, -0.1) is 0 Å². The van der Waals surface area contributed by atoms with E-state index in [4.69, 9.17) is 15.2 Å². The monoisotopic (exact) mass is 235 g/mol. The number of aliphatic hydroxyl groups excluding tert-OH is 3. The Morgan fingerprint density at radius 1 is 1.12 bits per heavy atom. The van der Waals surface area contributed by atoms with Gasteiger partial charge in [0.2, 0.25) is 0 Å². The minimum atomic E-state index is -1.23. The zero-order valence-electron chi connectivity index (χ0n) is 9.45. The lowest BCUT2D eigenvalue weighted by Gasteiger charge is -2.38. The van der Waals surface area contributed by atoms with Crippen molar-refractivity contribution < 1.29 is 24.8 Å². The summed E-state index contributed by atoms with van der Waals surface area (Å²) in [5.74, 6) is 0. The van der Waals surface area contributed by atoms with Crippen LogP contribution in [0.2, 0.25) is 0 Å². The van der Waals surface area contributed by atoms with Crippen LogP contribution < -0.4 is 5.73 Å². The summed E-state index contributed by atoms with van der Waals surface area (Å²) in [5, 5.41) is 28.5. The van der Waals surface area contributed by atoms with Gasteiger partial charge in [0.1, 0.15) is 18.3 Å². The molecule has 96 valence electrons. The SMILES string of the molecule is C[C@@H]1O[C@@H](OCCCCN)[C@@H](O)[C@H](O)[C@@H]1O. The molecule has 6 heteroatoms. The Labute approximate surface area is 95.0 Å². The molecule has 6 nitrogen and oxygen atoms in total. The molecule has 16 heavy (non-hydrogen) atoms. The highest BCUT2D eigenvalue weighted by Crippen LogP contribution is 2.21. The maximum atomic E-state index is 9.60. The van der Waals surface area contributed by atoms with Crippen molar-refractivity contribution in [3.8, 4) is 0 Å². The van der Waals surface area contributed by atoms with Gasteiger partial charge in [0.25, 0.3) is 0 Å². The predicted molar refractivity (Wildman–Crippen MR) is 56.6 cm³/mol. The van der Waals surface area contributed by atoms with E-state index in [1.54, 1.807) is 6.92 Å². The van der Waals surface area contributed by atoms with Gasteiger partial charge in [-0.25, -0.2) is 0 Å². The Morgan fingerprint density at radius 3 is 2.44 bits per heavy atom. The quantitative estimate of drug-likeness (QED) is 0.435. The first-order chi connectivity index (χ1) is 7.57. The number of ether oxygens (including phenoxy) is 2. The van der Waals surface area contributed by atoms with Crippen LogP contribution >= 0.6 is 0 Å². The first-order valence-corrected chi connectivity index (χ1v) is 5.59. The Kier molecular flexibility index (Phi) is 5.60. The van der Waals surface area contributed by atoms with Crippen molar-refractivity contribution in [2.75, 3.05) is 13.2 Å². The van der Waals surface area contributed by atoms with Gasteiger partial charge in [-0.1, -0.05) is 0 Å². The molecule has 0 unspecified atom stereocenters. The number of aliphatic hydroxyl groups is 3. The van der Waals surface area contributed by atoms with E-state index >= 15 is 0 Å². The van der Waals surface area contributed by atoms with E-state index in [0.29, 0.717) is 13.2 Å². The summed E-state index contributed by atoms with van der Waals surface area (Å²) in [6.45, 7) is 2.62. The molecule has 5 atom stereocenters. The van der Waals surface area contributed by atoms with Gasteiger partial charge < -0.3 is 30.5 Å². The van der Waals surface area contributed by atoms with Crippen molar-refractivity contribution >= 4 is 0 Å². The van der Waals surface area contributed by atoms with Crippen molar-refractivity contribution in [2.24, 2.45) is 5.73 Å². The molecule has 0 saturated carbocycles. The molecule has 0 bridgehead atoms. The molecule has 0 amide bonds. The summed E-state index contributed by atoms with van der Waals surface area (Å²) in [6.07, 6.45) is -3.37. The van der Waals surface area contributed by atoms with Crippen molar-refractivity contribution in [1.82, 2.24) is 0 Å². The summed E-state index contributed by atoms with van der Waals surface area (Å²) in [4.78, 5) is 0. The summed E-state index contributed by atoms with van der Waals surface area (Å²) in [5.41, 5.74) is 5.33. The summed E-state index contributed by atoms with van der Waals surface area (Å²) < 4.78 is 10.5. The fourth-order valence-corrected chi connectivity index (χ4v) is 1.60. The van der Waals surface area contributed by atoms with Crippen LogP contribution in [0.5, 0.6) is 0 Å². The number of hydrogen-bond acceptors (Lipinski definition) is 6. The molecule has 0 spiro atoms. The van der Waals surface area contributed by atoms with Gasteiger partial charge in [0, 0.05) is 6.61 Å². The molecule has 1 aliphatic heterocycles. The lowest BCUT2D eigenvalue weighted by molar-refractivity contribution is -0.293. The average Bonchev–Trinajstić information content (AvgIpc) is 2.28. The average molecular weight is 235 g/mol. The molecule has 1 heterocycles. The smallest absolute Gasteiger partial charge is 0.186 e. The van der Waals surface area contributed by atoms with Crippen LogP contribution in [0.3, 0.4) is 0 Å². The van der Waals surface area contributed by atoms with Crippen molar-refractivity contribution in [1.29, 1.82) is 0 Å².